The number of benzene rings is 1. The van der Waals surface area contributed by atoms with Gasteiger partial charge in [0, 0.05) is 19.5 Å². The molecule has 2 aliphatic rings. The zero-order valence-corrected chi connectivity index (χ0v) is 14.2. The number of nitrogens with zero attached hydrogens (tertiary/aromatic N) is 3. The van der Waals surface area contributed by atoms with Crippen molar-refractivity contribution in [2.24, 2.45) is 16.8 Å². The number of anilines is 1. The minimum atomic E-state index is -4.37. The summed E-state index contributed by atoms with van der Waals surface area (Å²) < 4.78 is 52.0. The first-order valence-electron chi connectivity index (χ1n) is 8.44. The van der Waals surface area contributed by atoms with E-state index in [1.807, 2.05) is 0 Å². The number of hydrazone groups is 1. The van der Waals surface area contributed by atoms with Gasteiger partial charge in [0.1, 0.15) is 17.6 Å². The lowest BCUT2D eigenvalue weighted by Crippen LogP contribution is -2.47. The highest BCUT2D eigenvalue weighted by Crippen LogP contribution is 2.34. The Morgan fingerprint density at radius 1 is 1.19 bits per heavy atom. The monoisotopic (exact) mass is 386 g/mol. The van der Waals surface area contributed by atoms with Crippen LogP contribution < -0.4 is 10.7 Å². The van der Waals surface area contributed by atoms with Gasteiger partial charge in [0.2, 0.25) is 5.91 Å². The normalized spacial score (nSPS) is 23.3. The van der Waals surface area contributed by atoms with Gasteiger partial charge in [0.15, 0.2) is 0 Å². The van der Waals surface area contributed by atoms with E-state index in [1.165, 1.54) is 29.3 Å². The van der Waals surface area contributed by atoms with Crippen LogP contribution in [0.2, 0.25) is 0 Å². The van der Waals surface area contributed by atoms with Crippen molar-refractivity contribution in [3.8, 4) is 0 Å². The standard InChI is InChI=1S/C17H18F4N4O2/c18-11-3-5-12(6-4-11)25-14(15(22)26)8-13(23-25)16(27)24-7-1-2-10(9-24)17(19,20)21/h3-6,10,14H,1-2,7-9H2,(H2,22,26)/t10-,14-/m0/s1. The number of likely N-dealkylation sites (tertiary alicyclic amines) is 1. The molecule has 2 aliphatic heterocycles. The van der Waals surface area contributed by atoms with Crippen LogP contribution in [0.5, 0.6) is 0 Å². The van der Waals surface area contributed by atoms with Gasteiger partial charge in [0.05, 0.1) is 11.6 Å². The summed E-state index contributed by atoms with van der Waals surface area (Å²) in [5.41, 5.74) is 5.69. The first-order chi connectivity index (χ1) is 12.7. The van der Waals surface area contributed by atoms with Gasteiger partial charge in [-0.2, -0.15) is 18.3 Å². The maximum atomic E-state index is 13.1. The molecule has 1 aromatic rings. The van der Waals surface area contributed by atoms with E-state index in [2.05, 4.69) is 5.10 Å². The fourth-order valence-electron chi connectivity index (χ4n) is 3.30. The van der Waals surface area contributed by atoms with Crippen molar-refractivity contribution >= 4 is 23.2 Å². The highest BCUT2D eigenvalue weighted by Gasteiger charge is 2.44. The first-order valence-corrected chi connectivity index (χ1v) is 8.44. The molecule has 0 unspecified atom stereocenters. The molecule has 1 saturated heterocycles. The Hall–Kier alpha value is -2.65. The Kier molecular flexibility index (Phi) is 5.07. The Morgan fingerprint density at radius 2 is 1.85 bits per heavy atom. The summed E-state index contributed by atoms with van der Waals surface area (Å²) in [7, 11) is 0. The first kappa shape index (κ1) is 19.1. The minimum Gasteiger partial charge on any atom is -0.368 e. The third-order valence-electron chi connectivity index (χ3n) is 4.75. The molecule has 1 aromatic carbocycles. The molecule has 146 valence electrons. The van der Waals surface area contributed by atoms with Crippen LogP contribution in [0.3, 0.4) is 0 Å². The molecule has 1 fully saturated rings. The molecule has 6 nitrogen and oxygen atoms in total. The van der Waals surface area contributed by atoms with E-state index in [0.29, 0.717) is 5.69 Å². The van der Waals surface area contributed by atoms with Crippen LogP contribution in [-0.4, -0.2) is 47.7 Å². The Morgan fingerprint density at radius 3 is 2.44 bits per heavy atom. The summed E-state index contributed by atoms with van der Waals surface area (Å²) in [5.74, 6) is -3.43. The number of carbonyl (C=O) groups excluding carboxylic acids is 2. The number of alkyl halides is 3. The smallest absolute Gasteiger partial charge is 0.368 e. The average Bonchev–Trinajstić information content (AvgIpc) is 3.07. The molecule has 2 amide bonds. The average molecular weight is 386 g/mol. The second kappa shape index (κ2) is 7.16. The van der Waals surface area contributed by atoms with E-state index >= 15 is 0 Å². The molecule has 2 N–H and O–H groups in total. The second-order valence-electron chi connectivity index (χ2n) is 6.62. The number of piperidine rings is 1. The maximum Gasteiger partial charge on any atom is 0.393 e. The summed E-state index contributed by atoms with van der Waals surface area (Å²) in [4.78, 5) is 25.5. The maximum absolute atomic E-state index is 13.1. The van der Waals surface area contributed by atoms with Gasteiger partial charge in [-0.15, -0.1) is 0 Å². The van der Waals surface area contributed by atoms with Crippen LogP contribution in [0.4, 0.5) is 23.2 Å². The number of amides is 2. The van der Waals surface area contributed by atoms with Crippen LogP contribution in [-0.2, 0) is 9.59 Å². The van der Waals surface area contributed by atoms with E-state index in [-0.39, 0.29) is 31.5 Å². The van der Waals surface area contributed by atoms with E-state index in [0.717, 1.165) is 4.90 Å². The molecule has 2 atom stereocenters. The lowest BCUT2D eigenvalue weighted by atomic mass is 9.97. The predicted molar refractivity (Wildman–Crippen MR) is 89.3 cm³/mol. The number of nitrogens with two attached hydrogens (primary N) is 1. The van der Waals surface area contributed by atoms with Gasteiger partial charge in [-0.3, -0.25) is 14.6 Å². The third kappa shape index (κ3) is 4.04. The number of primary amides is 1. The van der Waals surface area contributed by atoms with E-state index in [1.54, 1.807) is 0 Å². The lowest BCUT2D eigenvalue weighted by Gasteiger charge is -2.33. The number of carbonyl (C=O) groups is 2. The van der Waals surface area contributed by atoms with Gasteiger partial charge >= 0.3 is 6.18 Å². The second-order valence-corrected chi connectivity index (χ2v) is 6.62. The van der Waals surface area contributed by atoms with Crippen molar-refractivity contribution in [3.63, 3.8) is 0 Å². The molecule has 0 aliphatic carbocycles. The molecule has 0 saturated carbocycles. The minimum absolute atomic E-state index is 0.0224. The molecule has 10 heteroatoms. The summed E-state index contributed by atoms with van der Waals surface area (Å²) in [6.07, 6.45) is -4.26. The molecule has 0 bridgehead atoms. The summed E-state index contributed by atoms with van der Waals surface area (Å²) in [6, 6.07) is 4.13. The lowest BCUT2D eigenvalue weighted by molar-refractivity contribution is -0.187. The van der Waals surface area contributed by atoms with Crippen molar-refractivity contribution in [1.29, 1.82) is 0 Å². The molecule has 3 rings (SSSR count). The van der Waals surface area contributed by atoms with Crippen LogP contribution in [0.25, 0.3) is 0 Å². The van der Waals surface area contributed by atoms with Gasteiger partial charge in [-0.25, -0.2) is 4.39 Å². The zero-order chi connectivity index (χ0) is 19.8. The predicted octanol–water partition coefficient (Wildman–Crippen LogP) is 2.05. The molecule has 2 heterocycles. The number of hydrogen-bond donors (Lipinski definition) is 1. The molecule has 27 heavy (non-hydrogen) atoms. The van der Waals surface area contributed by atoms with Gasteiger partial charge in [0.25, 0.3) is 5.91 Å². The van der Waals surface area contributed by atoms with Crippen molar-refractivity contribution in [2.45, 2.75) is 31.5 Å². The largest absolute Gasteiger partial charge is 0.393 e. The summed E-state index contributed by atoms with van der Waals surface area (Å²) >= 11 is 0. The molecular weight excluding hydrogens is 368 g/mol. The molecule has 0 spiro atoms. The fourth-order valence-corrected chi connectivity index (χ4v) is 3.30. The summed E-state index contributed by atoms with van der Waals surface area (Å²) in [5, 5.41) is 5.32. The zero-order valence-electron chi connectivity index (χ0n) is 14.2. The Bertz CT molecular complexity index is 763. The van der Waals surface area contributed by atoms with Crippen molar-refractivity contribution in [2.75, 3.05) is 18.1 Å². The van der Waals surface area contributed by atoms with Crippen LogP contribution in [0, 0.1) is 11.7 Å². The SMILES string of the molecule is NC(=O)[C@@H]1CC(C(=O)N2CCC[C@H](C(F)(F)F)C2)=NN1c1ccc(F)cc1. The quantitative estimate of drug-likeness (QED) is 0.808. The molecule has 0 radical (unpaired) electrons. The molecular formula is C17H18F4N4O2. The van der Waals surface area contributed by atoms with Crippen LogP contribution >= 0.6 is 0 Å². The van der Waals surface area contributed by atoms with Crippen LogP contribution in [0.1, 0.15) is 19.3 Å². The Balaban J connectivity index is 1.81. The topological polar surface area (TPSA) is 79.0 Å². The van der Waals surface area contributed by atoms with E-state index in [9.17, 15) is 27.2 Å². The number of rotatable bonds is 3. The molecule has 0 aromatic heterocycles. The third-order valence-corrected chi connectivity index (χ3v) is 4.75. The van der Waals surface area contributed by atoms with Crippen molar-refractivity contribution < 1.29 is 27.2 Å². The van der Waals surface area contributed by atoms with Crippen LogP contribution in [0.15, 0.2) is 29.4 Å². The van der Waals surface area contributed by atoms with Gasteiger partial charge < -0.3 is 10.6 Å². The highest BCUT2D eigenvalue weighted by molar-refractivity contribution is 6.40. The summed E-state index contributed by atoms with van der Waals surface area (Å²) in [6.45, 7) is -0.235. The van der Waals surface area contributed by atoms with E-state index in [4.69, 9.17) is 5.73 Å². The van der Waals surface area contributed by atoms with Crippen molar-refractivity contribution in [1.82, 2.24) is 4.90 Å². The van der Waals surface area contributed by atoms with Gasteiger partial charge in [-0.05, 0) is 37.1 Å². The highest BCUT2D eigenvalue weighted by atomic mass is 19.4. The fraction of sp³-hybridized carbons (Fsp3) is 0.471. The van der Waals surface area contributed by atoms with Gasteiger partial charge in [-0.1, -0.05) is 0 Å². The number of halogens is 4. The number of hydrogen-bond acceptors (Lipinski definition) is 4. The van der Waals surface area contributed by atoms with Crippen molar-refractivity contribution in [3.05, 3.63) is 30.1 Å². The van der Waals surface area contributed by atoms with E-state index < -0.39 is 42.3 Å². The Labute approximate surface area is 152 Å².